The monoisotopic (exact) mass is 465 g/mol. The van der Waals surface area contributed by atoms with Gasteiger partial charge in [-0.2, -0.15) is 0 Å². The number of imidazole rings is 1. The highest BCUT2D eigenvalue weighted by atomic mass is 32.2. The van der Waals surface area contributed by atoms with Crippen molar-refractivity contribution in [3.05, 3.63) is 65.0 Å². The maximum absolute atomic E-state index is 13.2. The van der Waals surface area contributed by atoms with Crippen molar-refractivity contribution in [3.63, 3.8) is 0 Å². The third-order valence-corrected chi connectivity index (χ3v) is 7.50. The van der Waals surface area contributed by atoms with E-state index in [9.17, 15) is 13.2 Å². The quantitative estimate of drug-likeness (QED) is 0.382. The van der Waals surface area contributed by atoms with Crippen LogP contribution in [0.4, 0.5) is 0 Å². The molecule has 0 unspecified atom stereocenters. The zero-order valence-electron chi connectivity index (χ0n) is 18.5. The summed E-state index contributed by atoms with van der Waals surface area (Å²) in [7, 11) is -0.592. The second-order valence-electron chi connectivity index (χ2n) is 8.07. The number of sulfonamides is 1. The van der Waals surface area contributed by atoms with Gasteiger partial charge in [0.15, 0.2) is 0 Å². The predicted molar refractivity (Wildman–Crippen MR) is 126 cm³/mol. The number of benzene rings is 2. The molecule has 0 fully saturated rings. The van der Waals surface area contributed by atoms with Crippen LogP contribution in [0.5, 0.6) is 0 Å². The van der Waals surface area contributed by atoms with E-state index in [-0.39, 0.29) is 22.6 Å². The average molecular weight is 466 g/mol. The lowest BCUT2D eigenvalue weighted by Crippen LogP contribution is -2.22. The number of aryl methyl sites for hydroxylation is 1. The van der Waals surface area contributed by atoms with E-state index in [0.29, 0.717) is 29.0 Å². The zero-order chi connectivity index (χ0) is 23.3. The molecule has 5 aromatic rings. The van der Waals surface area contributed by atoms with Crippen LogP contribution in [-0.4, -0.2) is 45.9 Å². The first-order valence-corrected chi connectivity index (χ1v) is 12.0. The Balaban J connectivity index is 1.63. The summed E-state index contributed by atoms with van der Waals surface area (Å²) in [5.41, 5.74) is 2.44. The first-order valence-electron chi connectivity index (χ1n) is 10.6. The highest BCUT2D eigenvalue weighted by Crippen LogP contribution is 2.25. The first-order chi connectivity index (χ1) is 15.8. The first kappa shape index (κ1) is 21.4. The summed E-state index contributed by atoms with van der Waals surface area (Å²) in [5, 5.41) is 0.796. The smallest absolute Gasteiger partial charge is 0.297 e. The van der Waals surface area contributed by atoms with Crippen LogP contribution >= 0.6 is 0 Å². The van der Waals surface area contributed by atoms with Crippen molar-refractivity contribution in [2.45, 2.75) is 31.3 Å². The second kappa shape index (κ2) is 7.82. The Morgan fingerprint density at radius 1 is 1.12 bits per heavy atom. The topological polar surface area (TPSA) is 103 Å². The molecular formula is C23H23N5O4S. The van der Waals surface area contributed by atoms with E-state index >= 15 is 0 Å². The normalized spacial score (nSPS) is 12.5. The Labute approximate surface area is 189 Å². The molecule has 0 radical (unpaired) electrons. The lowest BCUT2D eigenvalue weighted by atomic mass is 10.2. The van der Waals surface area contributed by atoms with E-state index in [0.717, 1.165) is 17.3 Å². The third-order valence-electron chi connectivity index (χ3n) is 5.69. The molecule has 3 aromatic heterocycles. The van der Waals surface area contributed by atoms with Gasteiger partial charge in [-0.1, -0.05) is 19.1 Å². The van der Waals surface area contributed by atoms with Gasteiger partial charge in [0.25, 0.3) is 5.56 Å². The summed E-state index contributed by atoms with van der Waals surface area (Å²) < 4.78 is 35.5. The molecule has 0 spiro atoms. The highest BCUT2D eigenvalue weighted by Gasteiger charge is 2.20. The molecule has 3 heterocycles. The van der Waals surface area contributed by atoms with Crippen molar-refractivity contribution in [2.24, 2.45) is 0 Å². The van der Waals surface area contributed by atoms with E-state index in [2.05, 4.69) is 16.9 Å². The van der Waals surface area contributed by atoms with Crippen molar-refractivity contribution in [1.82, 2.24) is 23.4 Å². The maximum atomic E-state index is 13.2. The van der Waals surface area contributed by atoms with Gasteiger partial charge in [0.1, 0.15) is 16.9 Å². The molecule has 33 heavy (non-hydrogen) atoms. The molecular weight excluding hydrogens is 442 g/mol. The summed E-state index contributed by atoms with van der Waals surface area (Å²) in [4.78, 5) is 22.5. The molecule has 5 rings (SSSR count). The summed E-state index contributed by atoms with van der Waals surface area (Å²) in [5.74, 6) is 0.644. The summed E-state index contributed by atoms with van der Waals surface area (Å²) >= 11 is 0. The van der Waals surface area contributed by atoms with Gasteiger partial charge in [0, 0.05) is 26.0 Å². The lowest BCUT2D eigenvalue weighted by molar-refractivity contribution is 0.521. The molecule has 0 aliphatic carbocycles. The Morgan fingerprint density at radius 2 is 1.91 bits per heavy atom. The fourth-order valence-corrected chi connectivity index (χ4v) is 4.93. The Bertz CT molecular complexity index is 1680. The lowest BCUT2D eigenvalue weighted by Gasteiger charge is -2.11. The number of hydrogen-bond donors (Lipinski definition) is 0. The van der Waals surface area contributed by atoms with Crippen molar-refractivity contribution >= 4 is 43.1 Å². The van der Waals surface area contributed by atoms with Crippen LogP contribution in [0.1, 0.15) is 19.2 Å². The molecule has 0 aliphatic rings. The zero-order valence-corrected chi connectivity index (χ0v) is 19.3. The minimum Gasteiger partial charge on any atom is -0.448 e. The highest BCUT2D eigenvalue weighted by molar-refractivity contribution is 7.89. The number of fused-ring (bicyclic) bond motifs is 4. The summed E-state index contributed by atoms with van der Waals surface area (Å²) in [6.07, 6.45) is 2.36. The minimum absolute atomic E-state index is 0.176. The van der Waals surface area contributed by atoms with Crippen LogP contribution in [0.15, 0.2) is 62.9 Å². The Hall–Kier alpha value is -3.50. The van der Waals surface area contributed by atoms with Gasteiger partial charge in [-0.25, -0.2) is 22.7 Å². The fourth-order valence-electron chi connectivity index (χ4n) is 4.00. The van der Waals surface area contributed by atoms with Gasteiger partial charge in [-0.3, -0.25) is 9.36 Å². The average Bonchev–Trinajstić information content (AvgIpc) is 3.34. The molecule has 2 aromatic carbocycles. The van der Waals surface area contributed by atoms with Gasteiger partial charge < -0.3 is 8.98 Å². The van der Waals surface area contributed by atoms with Crippen molar-refractivity contribution in [1.29, 1.82) is 0 Å². The molecule has 0 bridgehead atoms. The number of aromatic nitrogens is 4. The van der Waals surface area contributed by atoms with Gasteiger partial charge in [-0.05, 0) is 36.8 Å². The van der Waals surface area contributed by atoms with E-state index in [4.69, 9.17) is 4.42 Å². The van der Waals surface area contributed by atoms with Gasteiger partial charge in [-0.15, -0.1) is 0 Å². The molecule has 170 valence electrons. The Kier molecular flexibility index (Phi) is 5.06. The van der Waals surface area contributed by atoms with Crippen molar-refractivity contribution < 1.29 is 12.8 Å². The van der Waals surface area contributed by atoms with Crippen LogP contribution < -0.4 is 5.56 Å². The van der Waals surface area contributed by atoms with E-state index < -0.39 is 10.0 Å². The van der Waals surface area contributed by atoms with Crippen LogP contribution in [0.3, 0.4) is 0 Å². The van der Waals surface area contributed by atoms with Crippen LogP contribution in [0.25, 0.3) is 33.1 Å². The number of nitrogens with zero attached hydrogens (tertiary/aromatic N) is 5. The SMILES string of the molecule is CCCn1c(Cn2cnc3c(oc4ccccc43)c2=O)nc2cc(S(=O)(=O)N(C)C)ccc21. The van der Waals surface area contributed by atoms with E-state index in [1.165, 1.54) is 29.3 Å². The number of furan rings is 1. The molecule has 0 N–H and O–H groups in total. The molecule has 0 atom stereocenters. The summed E-state index contributed by atoms with van der Waals surface area (Å²) in [6.45, 7) is 2.92. The predicted octanol–water partition coefficient (Wildman–Crippen LogP) is 3.20. The van der Waals surface area contributed by atoms with Gasteiger partial charge in [0.2, 0.25) is 15.6 Å². The minimum atomic E-state index is -3.58. The largest absolute Gasteiger partial charge is 0.448 e. The number of rotatable bonds is 6. The molecule has 0 amide bonds. The molecule has 0 saturated heterocycles. The maximum Gasteiger partial charge on any atom is 0.297 e. The second-order valence-corrected chi connectivity index (χ2v) is 10.2. The fraction of sp³-hybridized carbons (Fsp3) is 0.261. The van der Waals surface area contributed by atoms with Crippen molar-refractivity contribution in [2.75, 3.05) is 14.1 Å². The summed E-state index contributed by atoms with van der Waals surface area (Å²) in [6, 6.07) is 12.3. The van der Waals surface area contributed by atoms with Gasteiger partial charge in [0.05, 0.1) is 28.8 Å². The molecule has 9 nitrogen and oxygen atoms in total. The number of hydrogen-bond acceptors (Lipinski definition) is 6. The van der Waals surface area contributed by atoms with E-state index in [1.807, 2.05) is 22.8 Å². The molecule has 10 heteroatoms. The molecule has 0 aliphatic heterocycles. The van der Waals surface area contributed by atoms with E-state index in [1.54, 1.807) is 24.3 Å². The van der Waals surface area contributed by atoms with Crippen molar-refractivity contribution in [3.8, 4) is 0 Å². The third kappa shape index (κ3) is 3.42. The van der Waals surface area contributed by atoms with Crippen LogP contribution in [0, 0.1) is 0 Å². The molecule has 0 saturated carbocycles. The Morgan fingerprint density at radius 3 is 2.67 bits per heavy atom. The van der Waals surface area contributed by atoms with Gasteiger partial charge >= 0.3 is 0 Å². The van der Waals surface area contributed by atoms with Crippen LogP contribution in [0.2, 0.25) is 0 Å². The van der Waals surface area contributed by atoms with Crippen LogP contribution in [-0.2, 0) is 23.1 Å². The standard InChI is InChI=1S/C23H23N5O4S/c1-4-11-28-18-10-9-15(33(30,31)26(2)3)12-17(18)25-20(28)13-27-14-24-21-16-7-5-6-8-19(16)32-22(21)23(27)29/h5-10,12,14H,4,11,13H2,1-3H3. The number of para-hydroxylation sites is 1.